The Bertz CT molecular complexity index is 116. The Hall–Kier alpha value is -0.680. The molecule has 1 aliphatic heterocycles. The minimum absolute atomic E-state index is 0.130. The third-order valence-corrected chi connectivity index (χ3v) is 1.29. The SMILES string of the molecule is NN=[NH+][C@H]1COC[C@@H]1O. The number of nitrogens with zero attached hydrogens (tertiary/aromatic N) is 1. The van der Waals surface area contributed by atoms with Gasteiger partial charge in [-0.25, -0.2) is 0 Å². The highest BCUT2D eigenvalue weighted by Crippen LogP contribution is 1.99. The second-order valence-electron chi connectivity index (χ2n) is 1.97. The van der Waals surface area contributed by atoms with Crippen molar-refractivity contribution in [1.29, 1.82) is 0 Å². The zero-order valence-corrected chi connectivity index (χ0v) is 4.95. The van der Waals surface area contributed by atoms with E-state index in [2.05, 4.69) is 10.3 Å². The first kappa shape index (κ1) is 6.44. The van der Waals surface area contributed by atoms with Crippen LogP contribution in [0.15, 0.2) is 5.22 Å². The zero-order chi connectivity index (χ0) is 6.69. The van der Waals surface area contributed by atoms with E-state index in [9.17, 15) is 0 Å². The van der Waals surface area contributed by atoms with Crippen molar-refractivity contribution in [3.8, 4) is 0 Å². The summed E-state index contributed by atoms with van der Waals surface area (Å²) in [6.45, 7) is 0.842. The molecular formula is C4H10N3O2+. The molecule has 0 amide bonds. The first-order valence-electron chi connectivity index (χ1n) is 2.76. The highest BCUT2D eigenvalue weighted by molar-refractivity contribution is 4.70. The van der Waals surface area contributed by atoms with Crippen LogP contribution in [0.4, 0.5) is 0 Å². The Labute approximate surface area is 52.5 Å². The van der Waals surface area contributed by atoms with Crippen molar-refractivity contribution in [3.05, 3.63) is 0 Å². The van der Waals surface area contributed by atoms with Gasteiger partial charge in [0, 0.05) is 0 Å². The molecule has 5 nitrogen and oxygen atoms in total. The van der Waals surface area contributed by atoms with Crippen molar-refractivity contribution in [2.45, 2.75) is 12.1 Å². The fraction of sp³-hybridized carbons (Fsp3) is 1.00. The number of nitrogens with two attached hydrogens (primary N) is 1. The number of aliphatic hydroxyl groups is 1. The lowest BCUT2D eigenvalue weighted by atomic mass is 10.2. The highest BCUT2D eigenvalue weighted by atomic mass is 16.5. The van der Waals surface area contributed by atoms with Crippen LogP contribution in [0.3, 0.4) is 0 Å². The molecule has 0 spiro atoms. The smallest absolute Gasteiger partial charge is 0.166 e. The van der Waals surface area contributed by atoms with Crippen molar-refractivity contribution in [2.75, 3.05) is 13.2 Å². The highest BCUT2D eigenvalue weighted by Gasteiger charge is 2.27. The summed E-state index contributed by atoms with van der Waals surface area (Å²) in [5, 5.41) is 14.7. The molecule has 4 N–H and O–H groups in total. The molecule has 1 fully saturated rings. The maximum atomic E-state index is 9.02. The molecule has 1 heterocycles. The minimum Gasteiger partial charge on any atom is -0.386 e. The first-order chi connectivity index (χ1) is 4.34. The second-order valence-corrected chi connectivity index (χ2v) is 1.97. The summed E-state index contributed by atoms with van der Waals surface area (Å²) in [7, 11) is 0. The molecule has 0 unspecified atom stereocenters. The van der Waals surface area contributed by atoms with E-state index in [0.717, 1.165) is 0 Å². The molecule has 0 aromatic rings. The van der Waals surface area contributed by atoms with E-state index in [1.165, 1.54) is 0 Å². The Balaban J connectivity index is 2.39. The van der Waals surface area contributed by atoms with Crippen molar-refractivity contribution in [1.82, 2.24) is 0 Å². The average Bonchev–Trinajstić information content (AvgIpc) is 2.18. The zero-order valence-electron chi connectivity index (χ0n) is 4.95. The van der Waals surface area contributed by atoms with E-state index in [0.29, 0.717) is 13.2 Å². The molecular weight excluding hydrogens is 122 g/mol. The Morgan fingerprint density at radius 3 is 2.89 bits per heavy atom. The quantitative estimate of drug-likeness (QED) is 0.204. The summed E-state index contributed by atoms with van der Waals surface area (Å²) in [6.07, 6.45) is -0.475. The summed E-state index contributed by atoms with van der Waals surface area (Å²) in [5.41, 5.74) is 0. The number of hydrogen-bond donors (Lipinski definition) is 3. The van der Waals surface area contributed by atoms with Crippen LogP contribution in [-0.2, 0) is 4.74 Å². The van der Waals surface area contributed by atoms with Gasteiger partial charge < -0.3 is 9.84 Å². The van der Waals surface area contributed by atoms with Crippen LogP contribution in [0, 0.1) is 0 Å². The van der Waals surface area contributed by atoms with Crippen LogP contribution < -0.4 is 11.0 Å². The Kier molecular flexibility index (Phi) is 1.96. The van der Waals surface area contributed by atoms with E-state index in [1.807, 2.05) is 0 Å². The maximum absolute atomic E-state index is 9.02. The Morgan fingerprint density at radius 2 is 2.44 bits per heavy atom. The van der Waals surface area contributed by atoms with Crippen LogP contribution in [0.2, 0.25) is 0 Å². The van der Waals surface area contributed by atoms with Gasteiger partial charge in [0.2, 0.25) is 0 Å². The minimum atomic E-state index is -0.475. The van der Waals surface area contributed by atoms with Gasteiger partial charge in [0.25, 0.3) is 0 Å². The van der Waals surface area contributed by atoms with Gasteiger partial charge in [-0.3, -0.25) is 0 Å². The molecule has 9 heavy (non-hydrogen) atoms. The topological polar surface area (TPSA) is 81.8 Å². The molecule has 1 rings (SSSR count). The van der Waals surface area contributed by atoms with E-state index in [-0.39, 0.29) is 6.04 Å². The standard InChI is InChI=1S/C4H9N3O2/c5-7-6-3-1-9-2-4(3)8/h3-4,8H,1-2H2,(H2,5,6)/p+1/t3-,4-/m0/s1. The summed E-state index contributed by atoms with van der Waals surface area (Å²) < 4.78 is 4.89. The molecule has 1 aliphatic rings. The van der Waals surface area contributed by atoms with E-state index < -0.39 is 6.10 Å². The van der Waals surface area contributed by atoms with Gasteiger partial charge in [-0.1, -0.05) is 0 Å². The predicted molar refractivity (Wildman–Crippen MR) is 28.2 cm³/mol. The van der Waals surface area contributed by atoms with Crippen LogP contribution in [0.5, 0.6) is 0 Å². The molecule has 0 aromatic heterocycles. The molecule has 2 atom stereocenters. The summed E-state index contributed by atoms with van der Waals surface area (Å²) in [6, 6.07) is -0.130. The molecule has 1 saturated heterocycles. The van der Waals surface area contributed by atoms with Gasteiger partial charge in [-0.05, 0) is 0 Å². The first-order valence-corrected chi connectivity index (χ1v) is 2.76. The number of aliphatic hydroxyl groups excluding tert-OH is 1. The van der Waals surface area contributed by atoms with Gasteiger partial charge in [0.15, 0.2) is 6.04 Å². The summed E-state index contributed by atoms with van der Waals surface area (Å²) in [5.74, 6) is 4.82. The van der Waals surface area contributed by atoms with E-state index in [4.69, 9.17) is 15.7 Å². The molecule has 0 aliphatic carbocycles. The lowest BCUT2D eigenvalue weighted by molar-refractivity contribution is -0.580. The van der Waals surface area contributed by atoms with Gasteiger partial charge in [0.05, 0.1) is 18.4 Å². The van der Waals surface area contributed by atoms with E-state index >= 15 is 0 Å². The van der Waals surface area contributed by atoms with Crippen molar-refractivity contribution >= 4 is 0 Å². The monoisotopic (exact) mass is 132 g/mol. The van der Waals surface area contributed by atoms with Crippen LogP contribution in [0.25, 0.3) is 0 Å². The van der Waals surface area contributed by atoms with E-state index in [1.54, 1.807) is 0 Å². The predicted octanol–water partition coefficient (Wildman–Crippen LogP) is -2.85. The molecule has 0 bridgehead atoms. The van der Waals surface area contributed by atoms with Crippen LogP contribution in [0.1, 0.15) is 0 Å². The van der Waals surface area contributed by atoms with Gasteiger partial charge in [0.1, 0.15) is 6.10 Å². The third kappa shape index (κ3) is 1.36. The fourth-order valence-corrected chi connectivity index (χ4v) is 0.762. The molecule has 0 saturated carbocycles. The third-order valence-electron chi connectivity index (χ3n) is 1.29. The van der Waals surface area contributed by atoms with Crippen molar-refractivity contribution < 1.29 is 15.0 Å². The number of ether oxygens (including phenoxy) is 1. The summed E-state index contributed by atoms with van der Waals surface area (Å²) >= 11 is 0. The van der Waals surface area contributed by atoms with Crippen molar-refractivity contribution in [2.24, 2.45) is 11.1 Å². The van der Waals surface area contributed by atoms with Gasteiger partial charge >= 0.3 is 0 Å². The van der Waals surface area contributed by atoms with Crippen molar-refractivity contribution in [3.63, 3.8) is 0 Å². The normalized spacial score (nSPS) is 36.1. The maximum Gasteiger partial charge on any atom is 0.166 e. The lowest BCUT2D eigenvalue weighted by Gasteiger charge is -1.99. The van der Waals surface area contributed by atoms with Crippen LogP contribution >= 0.6 is 0 Å². The second kappa shape index (κ2) is 2.75. The summed E-state index contributed by atoms with van der Waals surface area (Å²) in [4.78, 5) is 0. The molecule has 0 aromatic carbocycles. The number of hydrogen-bond acceptors (Lipinski definition) is 3. The average molecular weight is 132 g/mol. The largest absolute Gasteiger partial charge is 0.386 e. The molecule has 52 valence electrons. The Morgan fingerprint density at radius 1 is 1.67 bits per heavy atom. The molecule has 0 radical (unpaired) electrons. The van der Waals surface area contributed by atoms with Gasteiger partial charge in [-0.15, -0.1) is 0 Å². The van der Waals surface area contributed by atoms with Gasteiger partial charge in [-0.2, -0.15) is 11.0 Å². The fourth-order valence-electron chi connectivity index (χ4n) is 0.762. The van der Waals surface area contributed by atoms with Crippen LogP contribution in [-0.4, -0.2) is 30.5 Å². The number of rotatable bonds is 1. The number of nitrogens with one attached hydrogen (secondary N) is 1. The molecule has 5 heteroatoms. The lowest BCUT2D eigenvalue weighted by Crippen LogP contribution is -2.78.